The second-order valence-corrected chi connectivity index (χ2v) is 7.59. The van der Waals surface area contributed by atoms with Gasteiger partial charge < -0.3 is 0 Å². The van der Waals surface area contributed by atoms with Gasteiger partial charge in [0.15, 0.2) is 0 Å². The highest BCUT2D eigenvalue weighted by molar-refractivity contribution is 6.13. The lowest BCUT2D eigenvalue weighted by Gasteiger charge is -2.37. The Morgan fingerprint density at radius 3 is 2.13 bits per heavy atom. The van der Waals surface area contributed by atoms with Gasteiger partial charge in [-0.05, 0) is 49.9 Å². The molecule has 1 heterocycles. The van der Waals surface area contributed by atoms with E-state index in [-0.39, 0.29) is 17.9 Å². The molecule has 1 saturated carbocycles. The Morgan fingerprint density at radius 1 is 1.00 bits per heavy atom. The molecule has 0 aromatic heterocycles. The minimum Gasteiger partial charge on any atom is -0.272 e. The van der Waals surface area contributed by atoms with Crippen molar-refractivity contribution in [1.29, 1.82) is 0 Å². The van der Waals surface area contributed by atoms with Gasteiger partial charge in [0, 0.05) is 18.2 Å². The van der Waals surface area contributed by atoms with Crippen LogP contribution in [0.1, 0.15) is 78.6 Å². The zero-order chi connectivity index (χ0) is 16.8. The maximum Gasteiger partial charge on any atom is 0.253 e. The molecule has 0 bridgehead atoms. The lowest BCUT2D eigenvalue weighted by molar-refractivity contribution is -0.140. The van der Waals surface area contributed by atoms with E-state index in [0.29, 0.717) is 0 Å². The molecule has 130 valence electrons. The quantitative estimate of drug-likeness (QED) is 0.607. The van der Waals surface area contributed by atoms with Gasteiger partial charge in [0.25, 0.3) is 11.8 Å². The molecular formula is C20H33NO2. The molecule has 2 rings (SSSR count). The lowest BCUT2D eigenvalue weighted by atomic mass is 9.74. The molecule has 2 aliphatic rings. The van der Waals surface area contributed by atoms with Crippen molar-refractivity contribution in [3.63, 3.8) is 0 Å². The summed E-state index contributed by atoms with van der Waals surface area (Å²) in [6.45, 7) is 6.97. The smallest absolute Gasteiger partial charge is 0.253 e. The third kappa shape index (κ3) is 4.68. The first-order valence-electron chi connectivity index (χ1n) is 9.62. The number of carbonyl (C=O) groups is 2. The predicted molar refractivity (Wildman–Crippen MR) is 93.8 cm³/mol. The van der Waals surface area contributed by atoms with Crippen molar-refractivity contribution in [3.8, 4) is 0 Å². The minimum absolute atomic E-state index is 0.112. The van der Waals surface area contributed by atoms with E-state index < -0.39 is 0 Å². The van der Waals surface area contributed by atoms with Crippen molar-refractivity contribution in [2.24, 2.45) is 17.8 Å². The number of hydrogen-bond donors (Lipinski definition) is 0. The van der Waals surface area contributed by atoms with E-state index in [0.717, 1.165) is 30.6 Å². The fourth-order valence-corrected chi connectivity index (χ4v) is 4.51. The summed E-state index contributed by atoms with van der Waals surface area (Å²) in [7, 11) is 0. The van der Waals surface area contributed by atoms with Crippen LogP contribution in [0.4, 0.5) is 0 Å². The first kappa shape index (κ1) is 18.2. The van der Waals surface area contributed by atoms with Crippen LogP contribution < -0.4 is 0 Å². The molecule has 2 unspecified atom stereocenters. The summed E-state index contributed by atoms with van der Waals surface area (Å²) in [5.41, 5.74) is 0. The average molecular weight is 319 g/mol. The molecule has 0 N–H and O–H groups in total. The van der Waals surface area contributed by atoms with E-state index in [4.69, 9.17) is 0 Å². The highest BCUT2D eigenvalue weighted by atomic mass is 16.2. The second kappa shape index (κ2) is 8.65. The molecule has 3 heteroatoms. The van der Waals surface area contributed by atoms with Crippen molar-refractivity contribution in [1.82, 2.24) is 4.90 Å². The maximum atomic E-state index is 11.8. The van der Waals surface area contributed by atoms with E-state index in [1.807, 2.05) is 0 Å². The van der Waals surface area contributed by atoms with E-state index >= 15 is 0 Å². The van der Waals surface area contributed by atoms with Crippen molar-refractivity contribution >= 4 is 11.8 Å². The van der Waals surface area contributed by atoms with Gasteiger partial charge in [-0.2, -0.15) is 0 Å². The van der Waals surface area contributed by atoms with Crippen LogP contribution in [-0.2, 0) is 9.59 Å². The van der Waals surface area contributed by atoms with Crippen LogP contribution in [0.5, 0.6) is 0 Å². The minimum atomic E-state index is -0.112. The fraction of sp³-hybridized carbons (Fsp3) is 0.800. The number of hydrogen-bond acceptors (Lipinski definition) is 2. The molecule has 3 nitrogen and oxygen atoms in total. The molecule has 1 fully saturated rings. The van der Waals surface area contributed by atoms with Crippen molar-refractivity contribution in [2.45, 2.75) is 84.6 Å². The van der Waals surface area contributed by atoms with Crippen LogP contribution in [0.3, 0.4) is 0 Å². The van der Waals surface area contributed by atoms with Crippen molar-refractivity contribution in [2.75, 3.05) is 0 Å². The van der Waals surface area contributed by atoms with Gasteiger partial charge in [-0.25, -0.2) is 0 Å². The summed E-state index contributed by atoms with van der Waals surface area (Å²) in [4.78, 5) is 25.1. The highest BCUT2D eigenvalue weighted by Crippen LogP contribution is 2.37. The first-order chi connectivity index (χ1) is 11.1. The van der Waals surface area contributed by atoms with Gasteiger partial charge in [-0.15, -0.1) is 0 Å². The number of carbonyl (C=O) groups excluding carboxylic acids is 2. The Labute approximate surface area is 141 Å². The molecule has 1 aliphatic carbocycles. The summed E-state index contributed by atoms with van der Waals surface area (Å²) < 4.78 is 0. The Balaban J connectivity index is 1.80. The van der Waals surface area contributed by atoms with Crippen LogP contribution in [-0.4, -0.2) is 22.8 Å². The molecular weight excluding hydrogens is 286 g/mol. The van der Waals surface area contributed by atoms with E-state index in [1.54, 1.807) is 0 Å². The molecule has 2 atom stereocenters. The van der Waals surface area contributed by atoms with Crippen LogP contribution >= 0.6 is 0 Å². The van der Waals surface area contributed by atoms with Gasteiger partial charge in [-0.1, -0.05) is 46.5 Å². The number of rotatable bonds is 8. The molecule has 23 heavy (non-hydrogen) atoms. The molecule has 2 amide bonds. The molecule has 0 spiro atoms. The summed E-state index contributed by atoms with van der Waals surface area (Å²) >= 11 is 0. The van der Waals surface area contributed by atoms with Crippen LogP contribution in [0, 0.1) is 17.8 Å². The monoisotopic (exact) mass is 319 g/mol. The largest absolute Gasteiger partial charge is 0.272 e. The maximum absolute atomic E-state index is 11.8. The predicted octanol–water partition coefficient (Wildman–Crippen LogP) is 4.71. The Morgan fingerprint density at radius 2 is 1.61 bits per heavy atom. The van der Waals surface area contributed by atoms with Crippen molar-refractivity contribution < 1.29 is 9.59 Å². The third-order valence-electron chi connectivity index (χ3n) is 5.95. The zero-order valence-corrected chi connectivity index (χ0v) is 15.1. The first-order valence-corrected chi connectivity index (χ1v) is 9.62. The van der Waals surface area contributed by atoms with Crippen LogP contribution in [0.2, 0.25) is 0 Å². The van der Waals surface area contributed by atoms with E-state index in [9.17, 15) is 9.59 Å². The number of amides is 2. The summed E-state index contributed by atoms with van der Waals surface area (Å²) in [6.07, 6.45) is 13.7. The van der Waals surface area contributed by atoms with Crippen molar-refractivity contribution in [3.05, 3.63) is 12.2 Å². The van der Waals surface area contributed by atoms with Crippen LogP contribution in [0.25, 0.3) is 0 Å². The molecule has 0 radical (unpaired) electrons. The Hall–Kier alpha value is -1.12. The van der Waals surface area contributed by atoms with Gasteiger partial charge in [0.1, 0.15) is 0 Å². The normalized spacial score (nSPS) is 27.5. The lowest BCUT2D eigenvalue weighted by Crippen LogP contribution is -2.42. The van der Waals surface area contributed by atoms with E-state index in [1.165, 1.54) is 62.0 Å². The van der Waals surface area contributed by atoms with Gasteiger partial charge in [0.05, 0.1) is 0 Å². The SMILES string of the molecule is CCCC(C)CCC(CC)C1CCC(N2C(=O)C=CC2=O)CC1. The van der Waals surface area contributed by atoms with Gasteiger partial charge in [0.2, 0.25) is 0 Å². The van der Waals surface area contributed by atoms with E-state index in [2.05, 4.69) is 20.8 Å². The standard InChI is InChI=1S/C20H33NO2/c1-4-6-15(3)7-8-16(5-2)17-9-11-18(12-10-17)21-19(22)13-14-20(21)23/h13-18H,4-12H2,1-3H3. The third-order valence-corrected chi connectivity index (χ3v) is 5.95. The summed E-state index contributed by atoms with van der Waals surface area (Å²) in [5.74, 6) is 2.22. The molecule has 0 saturated heterocycles. The zero-order valence-electron chi connectivity index (χ0n) is 15.1. The van der Waals surface area contributed by atoms with Gasteiger partial charge >= 0.3 is 0 Å². The second-order valence-electron chi connectivity index (χ2n) is 7.59. The van der Waals surface area contributed by atoms with Crippen LogP contribution in [0.15, 0.2) is 12.2 Å². The number of nitrogens with zero attached hydrogens (tertiary/aromatic N) is 1. The Kier molecular flexibility index (Phi) is 6.86. The molecule has 0 aromatic rings. The topological polar surface area (TPSA) is 37.4 Å². The average Bonchev–Trinajstić information content (AvgIpc) is 2.88. The Bertz CT molecular complexity index is 417. The summed E-state index contributed by atoms with van der Waals surface area (Å²) in [6, 6.07) is 0.137. The number of imide groups is 1. The molecule has 1 aliphatic heterocycles. The highest BCUT2D eigenvalue weighted by Gasteiger charge is 2.35. The molecule has 0 aromatic carbocycles. The summed E-state index contributed by atoms with van der Waals surface area (Å²) in [5, 5.41) is 0. The van der Waals surface area contributed by atoms with Gasteiger partial charge in [-0.3, -0.25) is 14.5 Å². The fourth-order valence-electron chi connectivity index (χ4n) is 4.51.